The topological polar surface area (TPSA) is 67.2 Å². The van der Waals surface area contributed by atoms with E-state index in [2.05, 4.69) is 62.4 Å². The third kappa shape index (κ3) is 20.5. The van der Waals surface area contributed by atoms with Gasteiger partial charge >= 0.3 is 5.97 Å². The second-order valence-corrected chi connectivity index (χ2v) is 13.5. The van der Waals surface area contributed by atoms with Crippen LogP contribution in [0.4, 0.5) is 14.5 Å². The summed E-state index contributed by atoms with van der Waals surface area (Å²) in [5, 5.41) is 16.9. The lowest BCUT2D eigenvalue weighted by Crippen LogP contribution is -2.09. The van der Waals surface area contributed by atoms with Crippen LogP contribution in [0, 0.1) is 5.41 Å². The molecule has 0 bridgehead atoms. The van der Waals surface area contributed by atoms with Crippen LogP contribution in [0.1, 0.15) is 158 Å². The molecule has 7 heteroatoms. The summed E-state index contributed by atoms with van der Waals surface area (Å²) in [6.45, 7) is 10.4. The number of aromatic nitrogens is 2. The lowest BCUT2D eigenvalue weighted by atomic mass is 9.88. The van der Waals surface area contributed by atoms with Crippen molar-refractivity contribution in [2.45, 2.75) is 156 Å². The molecule has 1 aromatic carbocycles. The molecule has 0 aliphatic carbocycles. The fourth-order valence-corrected chi connectivity index (χ4v) is 5.28. The predicted octanol–water partition coefficient (Wildman–Crippen LogP) is 11.3. The number of nitrogens with one attached hydrogen (secondary N) is 1. The standard InChI is InChI=1S/C22H39N.C15H24F2N2O2/c1-5-6-7-8-9-10-11-14-19-23-21-16-13-12-15-20(21)17-18-22(2,3)4;1-19-11-12(15(20)21)13(18-19)9-7-5-3-2-4-6-8-10-14(16)17/h12-13,15-16,23H,5-11,14,17-19H2,1-4H3;11,14H,2-10H2,1H3,(H,20,21). The molecular weight excluding hydrogens is 556 g/mol. The smallest absolute Gasteiger partial charge is 0.339 e. The van der Waals surface area contributed by atoms with Gasteiger partial charge in [0.1, 0.15) is 5.56 Å². The Balaban J connectivity index is 0.000000442. The number of alkyl halides is 2. The van der Waals surface area contributed by atoms with Gasteiger partial charge in [-0.3, -0.25) is 4.68 Å². The summed E-state index contributed by atoms with van der Waals surface area (Å²) in [5.74, 6) is -0.933. The van der Waals surface area contributed by atoms with Gasteiger partial charge in [0.15, 0.2) is 0 Å². The Morgan fingerprint density at radius 3 is 2.02 bits per heavy atom. The van der Waals surface area contributed by atoms with Crippen molar-refractivity contribution in [1.29, 1.82) is 0 Å². The molecule has 0 fully saturated rings. The van der Waals surface area contributed by atoms with Crippen molar-refractivity contribution in [3.05, 3.63) is 47.3 Å². The molecule has 0 aliphatic heterocycles. The van der Waals surface area contributed by atoms with Gasteiger partial charge < -0.3 is 10.4 Å². The minimum Gasteiger partial charge on any atom is -0.478 e. The molecule has 252 valence electrons. The van der Waals surface area contributed by atoms with E-state index in [0.717, 1.165) is 45.1 Å². The van der Waals surface area contributed by atoms with Crippen molar-refractivity contribution in [3.8, 4) is 0 Å². The number of aryl methyl sites for hydroxylation is 3. The van der Waals surface area contributed by atoms with Crippen molar-refractivity contribution in [2.75, 3.05) is 11.9 Å². The number of rotatable bonds is 23. The molecule has 1 heterocycles. The highest BCUT2D eigenvalue weighted by Crippen LogP contribution is 2.25. The summed E-state index contributed by atoms with van der Waals surface area (Å²) in [7, 11) is 1.72. The van der Waals surface area contributed by atoms with Gasteiger partial charge in [0, 0.05) is 31.9 Å². The number of carbonyl (C=O) groups is 1. The summed E-state index contributed by atoms with van der Waals surface area (Å²) < 4.78 is 25.4. The van der Waals surface area contributed by atoms with Gasteiger partial charge in [0.2, 0.25) is 6.43 Å². The summed E-state index contributed by atoms with van der Waals surface area (Å²) >= 11 is 0. The Morgan fingerprint density at radius 1 is 0.864 bits per heavy atom. The number of unbranched alkanes of at least 4 members (excludes halogenated alkanes) is 13. The molecule has 2 rings (SSSR count). The van der Waals surface area contributed by atoms with Crippen molar-refractivity contribution in [3.63, 3.8) is 0 Å². The van der Waals surface area contributed by atoms with Gasteiger partial charge in [-0.2, -0.15) is 5.10 Å². The molecule has 0 saturated heterocycles. The maximum atomic E-state index is 11.9. The van der Waals surface area contributed by atoms with Gasteiger partial charge in [-0.15, -0.1) is 0 Å². The molecule has 0 spiro atoms. The number of benzene rings is 1. The number of hydrogen-bond acceptors (Lipinski definition) is 3. The highest BCUT2D eigenvalue weighted by atomic mass is 19.3. The molecule has 0 radical (unpaired) electrons. The minimum absolute atomic E-state index is 0.0115. The summed E-state index contributed by atoms with van der Waals surface area (Å²) in [6, 6.07) is 8.83. The zero-order valence-electron chi connectivity index (χ0n) is 28.6. The van der Waals surface area contributed by atoms with E-state index in [-0.39, 0.29) is 12.0 Å². The first-order chi connectivity index (χ1) is 21.0. The molecule has 0 aliphatic rings. The monoisotopic (exact) mass is 619 g/mol. The quantitative estimate of drug-likeness (QED) is 0.121. The number of carboxylic acid groups (broad SMARTS) is 1. The summed E-state index contributed by atoms with van der Waals surface area (Å²) in [5.41, 5.74) is 4.15. The second kappa shape index (κ2) is 23.9. The number of anilines is 1. The summed E-state index contributed by atoms with van der Waals surface area (Å²) in [4.78, 5) is 11.0. The number of para-hydroxylation sites is 1. The minimum atomic E-state index is -2.17. The number of nitrogens with zero attached hydrogens (tertiary/aromatic N) is 2. The van der Waals surface area contributed by atoms with E-state index in [1.807, 2.05) is 0 Å². The van der Waals surface area contributed by atoms with Crippen molar-refractivity contribution < 1.29 is 18.7 Å². The number of halogens is 2. The molecule has 0 amide bonds. The Bertz CT molecular complexity index is 1000. The molecule has 0 unspecified atom stereocenters. The molecule has 2 aromatic rings. The first-order valence-electron chi connectivity index (χ1n) is 17.4. The van der Waals surface area contributed by atoms with E-state index in [9.17, 15) is 13.6 Å². The molecule has 2 N–H and O–H groups in total. The van der Waals surface area contributed by atoms with Crippen LogP contribution in [-0.4, -0.2) is 33.8 Å². The van der Waals surface area contributed by atoms with Crippen molar-refractivity contribution in [2.24, 2.45) is 12.5 Å². The van der Waals surface area contributed by atoms with E-state index in [1.165, 1.54) is 86.3 Å². The van der Waals surface area contributed by atoms with Crippen LogP contribution < -0.4 is 5.32 Å². The average molecular weight is 620 g/mol. The lowest BCUT2D eigenvalue weighted by molar-refractivity contribution is 0.0695. The fraction of sp³-hybridized carbons (Fsp3) is 0.730. The van der Waals surface area contributed by atoms with Crippen LogP contribution in [0.25, 0.3) is 0 Å². The van der Waals surface area contributed by atoms with Crippen LogP contribution in [0.15, 0.2) is 30.5 Å². The molecule has 44 heavy (non-hydrogen) atoms. The molecule has 0 atom stereocenters. The Kier molecular flexibility index (Phi) is 21.5. The maximum Gasteiger partial charge on any atom is 0.339 e. The lowest BCUT2D eigenvalue weighted by Gasteiger charge is -2.19. The maximum absolute atomic E-state index is 11.9. The van der Waals surface area contributed by atoms with Gasteiger partial charge in [-0.25, -0.2) is 13.6 Å². The van der Waals surface area contributed by atoms with E-state index in [0.29, 0.717) is 24.0 Å². The summed E-state index contributed by atoms with van der Waals surface area (Å²) in [6.07, 6.45) is 20.0. The first-order valence-corrected chi connectivity index (χ1v) is 17.4. The third-order valence-corrected chi connectivity index (χ3v) is 7.98. The van der Waals surface area contributed by atoms with Crippen LogP contribution in [0.3, 0.4) is 0 Å². The highest BCUT2D eigenvalue weighted by Gasteiger charge is 2.14. The Morgan fingerprint density at radius 2 is 1.43 bits per heavy atom. The van der Waals surface area contributed by atoms with E-state index < -0.39 is 12.4 Å². The van der Waals surface area contributed by atoms with Crippen LogP contribution in [-0.2, 0) is 19.9 Å². The normalized spacial score (nSPS) is 11.5. The largest absolute Gasteiger partial charge is 0.478 e. The van der Waals surface area contributed by atoms with Gasteiger partial charge in [0.05, 0.1) is 5.69 Å². The zero-order valence-corrected chi connectivity index (χ0v) is 28.6. The van der Waals surface area contributed by atoms with E-state index >= 15 is 0 Å². The third-order valence-electron chi connectivity index (χ3n) is 7.98. The second-order valence-electron chi connectivity index (χ2n) is 13.5. The molecule has 0 saturated carbocycles. The molecule has 1 aromatic heterocycles. The highest BCUT2D eigenvalue weighted by molar-refractivity contribution is 5.88. The van der Waals surface area contributed by atoms with Crippen LogP contribution in [0.5, 0.6) is 0 Å². The van der Waals surface area contributed by atoms with E-state index in [4.69, 9.17) is 5.11 Å². The number of hydrogen-bond donors (Lipinski definition) is 2. The molecular formula is C37H63F2N3O2. The fourth-order valence-electron chi connectivity index (χ4n) is 5.28. The Hall–Kier alpha value is -2.44. The van der Waals surface area contributed by atoms with Crippen LogP contribution >= 0.6 is 0 Å². The van der Waals surface area contributed by atoms with Crippen molar-refractivity contribution in [1.82, 2.24) is 9.78 Å². The van der Waals surface area contributed by atoms with Gasteiger partial charge in [0.25, 0.3) is 0 Å². The predicted molar refractivity (Wildman–Crippen MR) is 182 cm³/mol. The zero-order chi connectivity index (χ0) is 32.6. The average Bonchev–Trinajstić information content (AvgIpc) is 3.35. The van der Waals surface area contributed by atoms with Crippen molar-refractivity contribution >= 4 is 11.7 Å². The SMILES string of the molecule is CCCCCCCCCCNc1ccccc1CCC(C)(C)C.Cn1cc(C(=O)O)c(CCCCCCCCCC(F)F)n1. The molecule has 5 nitrogen and oxygen atoms in total. The number of aromatic carboxylic acids is 1. The van der Waals surface area contributed by atoms with Crippen LogP contribution in [0.2, 0.25) is 0 Å². The Labute approximate surface area is 267 Å². The number of carboxylic acids is 1. The van der Waals surface area contributed by atoms with Gasteiger partial charge in [-0.1, -0.05) is 123 Å². The van der Waals surface area contributed by atoms with E-state index in [1.54, 1.807) is 7.05 Å². The van der Waals surface area contributed by atoms with Gasteiger partial charge in [-0.05, 0) is 55.6 Å². The first kappa shape index (κ1) is 39.6.